The third-order valence-electron chi connectivity index (χ3n) is 1.87. The van der Waals surface area contributed by atoms with Crippen LogP contribution in [0.3, 0.4) is 0 Å². The molecule has 0 saturated carbocycles. The smallest absolute Gasteiger partial charge is 0.308 e. The summed E-state index contributed by atoms with van der Waals surface area (Å²) in [6.07, 6.45) is -0.401. The molecule has 88 valence electrons. The van der Waals surface area contributed by atoms with E-state index in [1.165, 1.54) is 11.3 Å². The summed E-state index contributed by atoms with van der Waals surface area (Å²) in [5.74, 6) is -3.20. The van der Waals surface area contributed by atoms with Crippen LogP contribution in [0.1, 0.15) is 6.42 Å². The maximum Gasteiger partial charge on any atom is 0.308 e. The minimum Gasteiger partial charge on any atom is -0.481 e. The molecule has 3 N–H and O–H groups in total. The third-order valence-corrected chi connectivity index (χ3v) is 3.06. The quantitative estimate of drug-likeness (QED) is 0.731. The summed E-state index contributed by atoms with van der Waals surface area (Å²) in [5, 5.41) is 20.9. The van der Waals surface area contributed by atoms with E-state index in [9.17, 15) is 9.59 Å². The molecule has 0 aliphatic rings. The standard InChI is InChI=1S/C9H10ClNO4S/c10-6-1-2-7(16-6)11-4-5(9(14)15)3-8(12)13/h1-2,5,11H,3-4H2,(H,12,13)(H,14,15). The van der Waals surface area contributed by atoms with Crippen LogP contribution in [-0.4, -0.2) is 28.7 Å². The van der Waals surface area contributed by atoms with Crippen molar-refractivity contribution in [2.24, 2.45) is 5.92 Å². The average molecular weight is 264 g/mol. The zero-order chi connectivity index (χ0) is 12.1. The summed E-state index contributed by atoms with van der Waals surface area (Å²) in [6, 6.07) is 3.40. The molecule has 1 rings (SSSR count). The Hall–Kier alpha value is -1.27. The summed E-state index contributed by atoms with van der Waals surface area (Å²) in [6.45, 7) is 0.0679. The molecule has 0 spiro atoms. The number of halogens is 1. The van der Waals surface area contributed by atoms with E-state index in [1.807, 2.05) is 0 Å². The summed E-state index contributed by atoms with van der Waals surface area (Å²) >= 11 is 6.96. The number of rotatable bonds is 6. The van der Waals surface area contributed by atoms with Gasteiger partial charge in [-0.15, -0.1) is 11.3 Å². The zero-order valence-corrected chi connectivity index (χ0v) is 9.72. The predicted octanol–water partition coefficient (Wildman–Crippen LogP) is 1.99. The minimum absolute atomic E-state index is 0.0679. The Morgan fingerprint density at radius 3 is 2.56 bits per heavy atom. The van der Waals surface area contributed by atoms with E-state index in [2.05, 4.69) is 5.32 Å². The number of carboxylic acid groups (broad SMARTS) is 2. The number of nitrogens with one attached hydrogen (secondary N) is 1. The lowest BCUT2D eigenvalue weighted by atomic mass is 10.1. The van der Waals surface area contributed by atoms with E-state index < -0.39 is 24.3 Å². The van der Waals surface area contributed by atoms with Gasteiger partial charge >= 0.3 is 11.9 Å². The van der Waals surface area contributed by atoms with Gasteiger partial charge in [0.15, 0.2) is 0 Å². The van der Waals surface area contributed by atoms with Gasteiger partial charge in [0.25, 0.3) is 0 Å². The van der Waals surface area contributed by atoms with Crippen molar-refractivity contribution in [3.8, 4) is 0 Å². The molecule has 1 aromatic heterocycles. The van der Waals surface area contributed by atoms with E-state index in [-0.39, 0.29) is 6.54 Å². The van der Waals surface area contributed by atoms with Crippen molar-refractivity contribution in [1.29, 1.82) is 0 Å². The van der Waals surface area contributed by atoms with Crippen LogP contribution in [0.15, 0.2) is 12.1 Å². The second-order valence-electron chi connectivity index (χ2n) is 3.12. The van der Waals surface area contributed by atoms with Crippen LogP contribution in [0.25, 0.3) is 0 Å². The van der Waals surface area contributed by atoms with Gasteiger partial charge in [-0.05, 0) is 12.1 Å². The Morgan fingerprint density at radius 1 is 1.44 bits per heavy atom. The molecule has 1 unspecified atom stereocenters. The summed E-state index contributed by atoms with van der Waals surface area (Å²) in [4.78, 5) is 21.2. The van der Waals surface area contributed by atoms with Crippen LogP contribution in [0.4, 0.5) is 5.00 Å². The lowest BCUT2D eigenvalue weighted by Crippen LogP contribution is -2.25. The number of thiophene rings is 1. The zero-order valence-electron chi connectivity index (χ0n) is 8.14. The van der Waals surface area contributed by atoms with Crippen LogP contribution in [-0.2, 0) is 9.59 Å². The first kappa shape index (κ1) is 12.8. The Balaban J connectivity index is 2.50. The molecule has 0 bridgehead atoms. The van der Waals surface area contributed by atoms with Crippen LogP contribution in [0.5, 0.6) is 0 Å². The van der Waals surface area contributed by atoms with Gasteiger partial charge in [-0.1, -0.05) is 11.6 Å². The molecule has 0 radical (unpaired) electrons. The number of anilines is 1. The van der Waals surface area contributed by atoms with Crippen molar-refractivity contribution >= 4 is 39.9 Å². The monoisotopic (exact) mass is 263 g/mol. The van der Waals surface area contributed by atoms with Gasteiger partial charge in [-0.3, -0.25) is 9.59 Å². The molecule has 5 nitrogen and oxygen atoms in total. The highest BCUT2D eigenvalue weighted by Crippen LogP contribution is 2.26. The lowest BCUT2D eigenvalue weighted by Gasteiger charge is -2.10. The van der Waals surface area contributed by atoms with Crippen molar-refractivity contribution < 1.29 is 19.8 Å². The van der Waals surface area contributed by atoms with E-state index >= 15 is 0 Å². The molecule has 0 saturated heterocycles. The van der Waals surface area contributed by atoms with Gasteiger partial charge in [0, 0.05) is 6.54 Å². The first-order valence-corrected chi connectivity index (χ1v) is 5.62. The minimum atomic E-state index is -1.13. The maximum atomic E-state index is 10.7. The van der Waals surface area contributed by atoms with Crippen molar-refractivity contribution in [3.63, 3.8) is 0 Å². The average Bonchev–Trinajstić information content (AvgIpc) is 2.58. The number of carbonyl (C=O) groups is 2. The molecular weight excluding hydrogens is 254 g/mol. The van der Waals surface area contributed by atoms with Crippen molar-refractivity contribution in [2.45, 2.75) is 6.42 Å². The molecule has 1 heterocycles. The summed E-state index contributed by atoms with van der Waals surface area (Å²) in [5.41, 5.74) is 0. The first-order chi connectivity index (χ1) is 7.49. The van der Waals surface area contributed by atoms with Crippen molar-refractivity contribution in [2.75, 3.05) is 11.9 Å². The molecule has 16 heavy (non-hydrogen) atoms. The van der Waals surface area contributed by atoms with E-state index in [1.54, 1.807) is 12.1 Å². The second-order valence-corrected chi connectivity index (χ2v) is 4.83. The molecule has 1 aromatic rings. The number of aliphatic carboxylic acids is 2. The number of carboxylic acids is 2. The van der Waals surface area contributed by atoms with Crippen LogP contribution in [0.2, 0.25) is 4.34 Å². The van der Waals surface area contributed by atoms with Gasteiger partial charge in [-0.2, -0.15) is 0 Å². The fourth-order valence-electron chi connectivity index (χ4n) is 1.09. The van der Waals surface area contributed by atoms with Gasteiger partial charge in [-0.25, -0.2) is 0 Å². The molecule has 0 fully saturated rings. The number of hydrogen-bond donors (Lipinski definition) is 3. The van der Waals surface area contributed by atoms with Gasteiger partial charge in [0.05, 0.1) is 21.7 Å². The van der Waals surface area contributed by atoms with E-state index in [4.69, 9.17) is 21.8 Å². The highest BCUT2D eigenvalue weighted by atomic mass is 35.5. The van der Waals surface area contributed by atoms with E-state index in [0.29, 0.717) is 4.34 Å². The Kier molecular flexibility index (Phi) is 4.57. The fourth-order valence-corrected chi connectivity index (χ4v) is 2.04. The summed E-state index contributed by atoms with van der Waals surface area (Å²) < 4.78 is 0.590. The highest BCUT2D eigenvalue weighted by molar-refractivity contribution is 7.19. The molecule has 0 aliphatic carbocycles. The van der Waals surface area contributed by atoms with Crippen molar-refractivity contribution in [1.82, 2.24) is 0 Å². The van der Waals surface area contributed by atoms with Gasteiger partial charge in [0.2, 0.25) is 0 Å². The van der Waals surface area contributed by atoms with Gasteiger partial charge in [0.1, 0.15) is 0 Å². The van der Waals surface area contributed by atoms with E-state index in [0.717, 1.165) is 5.00 Å². The highest BCUT2D eigenvalue weighted by Gasteiger charge is 2.20. The molecule has 0 aromatic carbocycles. The Morgan fingerprint density at radius 2 is 2.12 bits per heavy atom. The SMILES string of the molecule is O=C(O)CC(CNc1ccc(Cl)s1)C(=O)O. The van der Waals surface area contributed by atoms with Crippen LogP contribution < -0.4 is 5.32 Å². The maximum absolute atomic E-state index is 10.7. The number of hydrogen-bond acceptors (Lipinski definition) is 4. The molecule has 7 heteroatoms. The third kappa shape index (κ3) is 4.08. The molecule has 0 amide bonds. The fraction of sp³-hybridized carbons (Fsp3) is 0.333. The predicted molar refractivity (Wildman–Crippen MR) is 61.2 cm³/mol. The second kappa shape index (κ2) is 5.72. The topological polar surface area (TPSA) is 86.6 Å². The van der Waals surface area contributed by atoms with Crippen LogP contribution >= 0.6 is 22.9 Å². The Labute approximate surface area is 101 Å². The van der Waals surface area contributed by atoms with Gasteiger partial charge < -0.3 is 15.5 Å². The Bertz CT molecular complexity index is 393. The summed E-state index contributed by atoms with van der Waals surface area (Å²) in [7, 11) is 0. The lowest BCUT2D eigenvalue weighted by molar-refractivity contribution is -0.147. The normalized spacial score (nSPS) is 12.1. The molecular formula is C9H10ClNO4S. The molecule has 1 atom stereocenters. The van der Waals surface area contributed by atoms with Crippen LogP contribution in [0, 0.1) is 5.92 Å². The molecule has 0 aliphatic heterocycles. The van der Waals surface area contributed by atoms with Crippen molar-refractivity contribution in [3.05, 3.63) is 16.5 Å². The first-order valence-electron chi connectivity index (χ1n) is 4.43. The largest absolute Gasteiger partial charge is 0.481 e.